The van der Waals surface area contributed by atoms with Crippen molar-refractivity contribution in [2.75, 3.05) is 26.2 Å². The number of nitrogens with zero attached hydrogens (tertiary/aromatic N) is 2. The van der Waals surface area contributed by atoms with Crippen molar-refractivity contribution in [3.05, 3.63) is 29.8 Å². The van der Waals surface area contributed by atoms with Crippen LogP contribution in [0.4, 0.5) is 4.79 Å². The lowest BCUT2D eigenvalue weighted by molar-refractivity contribution is 0.0192. The van der Waals surface area contributed by atoms with E-state index in [4.69, 9.17) is 4.74 Å². The van der Waals surface area contributed by atoms with Gasteiger partial charge in [-0.2, -0.15) is 4.31 Å². The maximum atomic E-state index is 12.8. The van der Waals surface area contributed by atoms with Crippen LogP contribution >= 0.6 is 0 Å². The molecule has 0 N–H and O–H groups in total. The molecule has 1 amide bonds. The predicted molar refractivity (Wildman–Crippen MR) is 97.1 cm³/mol. The van der Waals surface area contributed by atoms with Gasteiger partial charge in [-0.05, 0) is 44.4 Å². The zero-order valence-electron chi connectivity index (χ0n) is 15.7. The highest BCUT2D eigenvalue weighted by Crippen LogP contribution is 2.21. The van der Waals surface area contributed by atoms with E-state index in [1.54, 1.807) is 17.0 Å². The molecule has 0 unspecified atom stereocenters. The number of sulfonamides is 1. The van der Waals surface area contributed by atoms with Crippen molar-refractivity contribution in [2.24, 2.45) is 0 Å². The molecule has 7 heteroatoms. The average molecular weight is 368 g/mol. The lowest BCUT2D eigenvalue weighted by Gasteiger charge is -2.35. The maximum absolute atomic E-state index is 12.8. The van der Waals surface area contributed by atoms with Crippen molar-refractivity contribution in [1.82, 2.24) is 9.21 Å². The topological polar surface area (TPSA) is 66.9 Å². The summed E-state index contributed by atoms with van der Waals surface area (Å²) in [6, 6.07) is 7.03. The largest absolute Gasteiger partial charge is 0.444 e. The number of hydrogen-bond acceptors (Lipinski definition) is 4. The van der Waals surface area contributed by atoms with Crippen LogP contribution in [0.3, 0.4) is 0 Å². The molecule has 0 atom stereocenters. The van der Waals surface area contributed by atoms with Crippen molar-refractivity contribution >= 4 is 16.1 Å². The Morgan fingerprint density at radius 1 is 1.04 bits per heavy atom. The molecule has 1 aliphatic rings. The fraction of sp³-hybridized carbons (Fsp3) is 0.611. The van der Waals surface area contributed by atoms with Gasteiger partial charge in [0.25, 0.3) is 0 Å². The van der Waals surface area contributed by atoms with Crippen LogP contribution in [0.15, 0.2) is 29.2 Å². The van der Waals surface area contributed by atoms with Gasteiger partial charge in [0, 0.05) is 26.2 Å². The fourth-order valence-corrected chi connectivity index (χ4v) is 4.03. The molecule has 6 nitrogen and oxygen atoms in total. The summed E-state index contributed by atoms with van der Waals surface area (Å²) >= 11 is 0. The molecular weight excluding hydrogens is 340 g/mol. The van der Waals surface area contributed by atoms with E-state index in [9.17, 15) is 13.2 Å². The second-order valence-corrected chi connectivity index (χ2v) is 9.53. The Hall–Kier alpha value is -1.60. The Kier molecular flexibility index (Phi) is 5.79. The van der Waals surface area contributed by atoms with E-state index >= 15 is 0 Å². The monoisotopic (exact) mass is 368 g/mol. The van der Waals surface area contributed by atoms with E-state index in [0.29, 0.717) is 23.9 Å². The fourth-order valence-electron chi connectivity index (χ4n) is 2.61. The first-order valence-corrected chi connectivity index (χ1v) is 10.0. The van der Waals surface area contributed by atoms with Gasteiger partial charge in [0.2, 0.25) is 10.0 Å². The van der Waals surface area contributed by atoms with Gasteiger partial charge in [0.1, 0.15) is 5.60 Å². The lowest BCUT2D eigenvalue weighted by atomic mass is 10.0. The van der Waals surface area contributed by atoms with Gasteiger partial charge >= 0.3 is 6.09 Å². The summed E-state index contributed by atoms with van der Waals surface area (Å²) < 4.78 is 32.3. The van der Waals surface area contributed by atoms with Crippen LogP contribution < -0.4 is 0 Å². The number of hydrogen-bond donors (Lipinski definition) is 0. The van der Waals surface area contributed by atoms with E-state index in [0.717, 1.165) is 5.56 Å². The van der Waals surface area contributed by atoms with E-state index in [1.165, 1.54) is 4.31 Å². The van der Waals surface area contributed by atoms with Crippen LogP contribution in [0.5, 0.6) is 0 Å². The van der Waals surface area contributed by atoms with Gasteiger partial charge in [-0.3, -0.25) is 0 Å². The zero-order chi connectivity index (χ0) is 18.8. The number of benzene rings is 1. The molecule has 0 radical (unpaired) electrons. The summed E-state index contributed by atoms with van der Waals surface area (Å²) in [5.74, 6) is 0.356. The highest BCUT2D eigenvalue weighted by Gasteiger charge is 2.31. The highest BCUT2D eigenvalue weighted by atomic mass is 32.2. The Bertz CT molecular complexity index is 698. The van der Waals surface area contributed by atoms with Crippen LogP contribution in [-0.2, 0) is 14.8 Å². The summed E-state index contributed by atoms with van der Waals surface area (Å²) in [4.78, 5) is 13.9. The smallest absolute Gasteiger partial charge is 0.410 e. The second-order valence-electron chi connectivity index (χ2n) is 7.60. The third-order valence-corrected chi connectivity index (χ3v) is 5.99. The zero-order valence-corrected chi connectivity index (χ0v) is 16.5. The summed E-state index contributed by atoms with van der Waals surface area (Å²) in [5, 5.41) is 0. The number of rotatable bonds is 3. The van der Waals surface area contributed by atoms with Crippen LogP contribution in [-0.4, -0.2) is 55.5 Å². The first-order valence-electron chi connectivity index (χ1n) is 8.59. The van der Waals surface area contributed by atoms with Crippen LogP contribution in [0, 0.1) is 0 Å². The molecule has 1 aliphatic heterocycles. The van der Waals surface area contributed by atoms with E-state index in [1.807, 2.05) is 32.9 Å². The number of carbonyl (C=O) groups excluding carboxylic acids is 1. The number of amides is 1. The standard InChI is InChI=1S/C18H28N2O4S/c1-14(2)15-6-8-16(9-7-15)25(22,23)20-12-10-19(11-13-20)17(21)24-18(3,4)5/h6-9,14H,10-13H2,1-5H3. The van der Waals surface area contributed by atoms with Gasteiger partial charge in [0.05, 0.1) is 4.90 Å². The van der Waals surface area contributed by atoms with Crippen LogP contribution in [0.2, 0.25) is 0 Å². The molecule has 1 heterocycles. The minimum Gasteiger partial charge on any atom is -0.444 e. The van der Waals surface area contributed by atoms with Crippen molar-refractivity contribution in [3.8, 4) is 0 Å². The van der Waals surface area contributed by atoms with Crippen molar-refractivity contribution < 1.29 is 17.9 Å². The molecule has 0 saturated carbocycles. The van der Waals surface area contributed by atoms with Gasteiger partial charge in [-0.25, -0.2) is 13.2 Å². The summed E-state index contributed by atoms with van der Waals surface area (Å²) in [6.45, 7) is 10.8. The first-order chi connectivity index (χ1) is 11.5. The van der Waals surface area contributed by atoms with E-state index in [-0.39, 0.29) is 13.1 Å². The first kappa shape index (κ1) is 19.7. The average Bonchev–Trinajstić information content (AvgIpc) is 2.53. The number of carbonyl (C=O) groups is 1. The third kappa shape index (κ3) is 4.95. The van der Waals surface area contributed by atoms with Gasteiger partial charge in [-0.1, -0.05) is 26.0 Å². The molecule has 0 spiro atoms. The molecule has 1 aromatic rings. The molecular formula is C18H28N2O4S. The molecule has 0 aliphatic carbocycles. The van der Waals surface area contributed by atoms with Crippen molar-refractivity contribution in [3.63, 3.8) is 0 Å². The molecule has 0 bridgehead atoms. The van der Waals surface area contributed by atoms with Crippen molar-refractivity contribution in [1.29, 1.82) is 0 Å². The normalized spacial score (nSPS) is 17.0. The Morgan fingerprint density at radius 2 is 1.56 bits per heavy atom. The summed E-state index contributed by atoms with van der Waals surface area (Å²) in [6.07, 6.45) is -0.397. The van der Waals surface area contributed by atoms with Gasteiger partial charge < -0.3 is 9.64 Å². The number of piperazine rings is 1. The minimum atomic E-state index is -3.53. The van der Waals surface area contributed by atoms with Crippen molar-refractivity contribution in [2.45, 2.75) is 51.0 Å². The van der Waals surface area contributed by atoms with Crippen LogP contribution in [0.25, 0.3) is 0 Å². The minimum absolute atomic E-state index is 0.271. The molecule has 2 rings (SSSR count). The molecule has 140 valence electrons. The second kappa shape index (κ2) is 7.33. The highest BCUT2D eigenvalue weighted by molar-refractivity contribution is 7.89. The van der Waals surface area contributed by atoms with Crippen LogP contribution in [0.1, 0.15) is 46.1 Å². The predicted octanol–water partition coefficient (Wildman–Crippen LogP) is 3.05. The molecule has 1 aromatic carbocycles. The SMILES string of the molecule is CC(C)c1ccc(S(=O)(=O)N2CCN(C(=O)OC(C)(C)C)CC2)cc1. The van der Waals surface area contributed by atoms with Gasteiger partial charge in [-0.15, -0.1) is 0 Å². The molecule has 1 saturated heterocycles. The van der Waals surface area contributed by atoms with Gasteiger partial charge in [0.15, 0.2) is 0 Å². The number of ether oxygens (including phenoxy) is 1. The molecule has 25 heavy (non-hydrogen) atoms. The van der Waals surface area contributed by atoms with E-state index < -0.39 is 21.7 Å². The maximum Gasteiger partial charge on any atom is 0.410 e. The Morgan fingerprint density at radius 3 is 2.00 bits per heavy atom. The quantitative estimate of drug-likeness (QED) is 0.822. The molecule has 0 aromatic heterocycles. The summed E-state index contributed by atoms with van der Waals surface area (Å²) in [7, 11) is -3.53. The summed E-state index contributed by atoms with van der Waals surface area (Å²) in [5.41, 5.74) is 0.548. The van der Waals surface area contributed by atoms with E-state index in [2.05, 4.69) is 13.8 Å². The Balaban J connectivity index is 2.02. The third-order valence-electron chi connectivity index (χ3n) is 4.07. The lowest BCUT2D eigenvalue weighted by Crippen LogP contribution is -2.51. The molecule has 1 fully saturated rings. The Labute approximate surface area is 150 Å².